The average molecular weight is 315 g/mol. The van der Waals surface area contributed by atoms with Crippen LogP contribution in [0.15, 0.2) is 30.3 Å². The number of benzene rings is 1. The number of hydrogen-bond donors (Lipinski definition) is 1. The molecule has 1 aromatic carbocycles. The molecular weight excluding hydrogens is 294 g/mol. The molecule has 1 aromatic heterocycles. The molecule has 116 valence electrons. The number of carbonyl (C=O) groups excluding carboxylic acids is 1. The number of carbonyl (C=O) groups is 1. The van der Waals surface area contributed by atoms with E-state index >= 15 is 0 Å². The second kappa shape index (κ2) is 6.48. The largest absolute Gasteiger partial charge is 0.371 e. The Balaban J connectivity index is 1.53. The highest BCUT2D eigenvalue weighted by Crippen LogP contribution is 2.23. The summed E-state index contributed by atoms with van der Waals surface area (Å²) in [6.07, 6.45) is 1.12. The van der Waals surface area contributed by atoms with E-state index in [2.05, 4.69) is 39.5 Å². The van der Waals surface area contributed by atoms with E-state index in [1.54, 1.807) is 0 Å². The maximum absolute atomic E-state index is 12.2. The van der Waals surface area contributed by atoms with E-state index in [0.717, 1.165) is 41.6 Å². The molecule has 1 saturated heterocycles. The van der Waals surface area contributed by atoms with Crippen LogP contribution in [0.4, 0.5) is 5.69 Å². The van der Waals surface area contributed by atoms with E-state index in [1.165, 1.54) is 17.0 Å². The number of para-hydroxylation sites is 1. The quantitative estimate of drug-likeness (QED) is 0.943. The van der Waals surface area contributed by atoms with Crippen LogP contribution in [0, 0.1) is 19.8 Å². The van der Waals surface area contributed by atoms with Gasteiger partial charge in [0.2, 0.25) is 0 Å². The molecule has 1 aliphatic heterocycles. The van der Waals surface area contributed by atoms with Crippen molar-refractivity contribution in [2.24, 2.45) is 5.92 Å². The van der Waals surface area contributed by atoms with Gasteiger partial charge in [0, 0.05) is 25.3 Å². The number of hydrogen-bond acceptors (Lipinski definition) is 4. The molecule has 3 rings (SSSR count). The average Bonchev–Trinajstić information content (AvgIpc) is 3.12. The molecule has 5 heteroatoms. The molecule has 1 atom stereocenters. The Kier molecular flexibility index (Phi) is 4.43. The van der Waals surface area contributed by atoms with Gasteiger partial charge >= 0.3 is 0 Å². The first-order valence-electron chi connectivity index (χ1n) is 7.65. The Morgan fingerprint density at radius 1 is 1.36 bits per heavy atom. The van der Waals surface area contributed by atoms with Crippen molar-refractivity contribution in [3.8, 4) is 0 Å². The number of amides is 1. The first-order valence-corrected chi connectivity index (χ1v) is 8.47. The third kappa shape index (κ3) is 3.30. The fourth-order valence-corrected chi connectivity index (χ4v) is 3.77. The van der Waals surface area contributed by atoms with Crippen LogP contribution in [0.5, 0.6) is 0 Å². The zero-order valence-corrected chi connectivity index (χ0v) is 13.8. The molecule has 22 heavy (non-hydrogen) atoms. The Hall–Kier alpha value is -1.88. The molecule has 0 radical (unpaired) electrons. The van der Waals surface area contributed by atoms with Gasteiger partial charge in [-0.2, -0.15) is 0 Å². The second-order valence-corrected chi connectivity index (χ2v) is 7.00. The zero-order valence-electron chi connectivity index (χ0n) is 13.0. The lowest BCUT2D eigenvalue weighted by molar-refractivity contribution is 0.0951. The number of anilines is 1. The van der Waals surface area contributed by atoms with E-state index in [9.17, 15) is 4.79 Å². The lowest BCUT2D eigenvalue weighted by atomic mass is 10.1. The van der Waals surface area contributed by atoms with Crippen molar-refractivity contribution in [3.63, 3.8) is 0 Å². The number of nitrogens with one attached hydrogen (secondary N) is 1. The van der Waals surface area contributed by atoms with Gasteiger partial charge in [0.15, 0.2) is 0 Å². The molecule has 0 saturated carbocycles. The molecule has 4 nitrogen and oxygen atoms in total. The fraction of sp³-hybridized carbons (Fsp3) is 0.412. The SMILES string of the molecule is Cc1nc(C)c(C(=O)NCC2CCN(c3ccccc3)C2)s1. The monoisotopic (exact) mass is 315 g/mol. The summed E-state index contributed by atoms with van der Waals surface area (Å²) in [5.74, 6) is 0.528. The molecule has 1 amide bonds. The van der Waals surface area contributed by atoms with Gasteiger partial charge in [-0.15, -0.1) is 11.3 Å². The predicted molar refractivity (Wildman–Crippen MR) is 90.7 cm³/mol. The molecule has 1 N–H and O–H groups in total. The lowest BCUT2D eigenvalue weighted by Crippen LogP contribution is -2.30. The van der Waals surface area contributed by atoms with Gasteiger partial charge in [0.05, 0.1) is 10.7 Å². The standard InChI is InChI=1S/C17H21N3OS/c1-12-16(22-13(2)19-12)17(21)18-10-14-8-9-20(11-14)15-6-4-3-5-7-15/h3-7,14H,8-11H2,1-2H3,(H,18,21). The number of nitrogens with zero attached hydrogens (tertiary/aromatic N) is 2. The summed E-state index contributed by atoms with van der Waals surface area (Å²) < 4.78 is 0. The molecule has 1 unspecified atom stereocenters. The van der Waals surface area contributed by atoms with Gasteiger partial charge in [0.25, 0.3) is 5.91 Å². The van der Waals surface area contributed by atoms with Crippen LogP contribution < -0.4 is 10.2 Å². The highest BCUT2D eigenvalue weighted by atomic mass is 32.1. The van der Waals surface area contributed by atoms with Crippen LogP contribution in [0.2, 0.25) is 0 Å². The van der Waals surface area contributed by atoms with E-state index in [4.69, 9.17) is 0 Å². The van der Waals surface area contributed by atoms with Gasteiger partial charge in [0.1, 0.15) is 4.88 Å². The molecule has 0 bridgehead atoms. The molecule has 0 aliphatic carbocycles. The lowest BCUT2D eigenvalue weighted by Gasteiger charge is -2.18. The van der Waals surface area contributed by atoms with Crippen LogP contribution in [-0.2, 0) is 0 Å². The highest BCUT2D eigenvalue weighted by molar-refractivity contribution is 7.13. The summed E-state index contributed by atoms with van der Waals surface area (Å²) in [7, 11) is 0. The summed E-state index contributed by atoms with van der Waals surface area (Å²) in [5, 5.41) is 4.02. The number of rotatable bonds is 4. The number of thiazole rings is 1. The molecule has 2 heterocycles. The minimum Gasteiger partial charge on any atom is -0.371 e. The van der Waals surface area contributed by atoms with Crippen LogP contribution in [0.3, 0.4) is 0 Å². The number of aromatic nitrogens is 1. The zero-order chi connectivity index (χ0) is 15.5. The van der Waals surface area contributed by atoms with Crippen LogP contribution in [-0.4, -0.2) is 30.5 Å². The number of aryl methyl sites for hydroxylation is 2. The first-order chi connectivity index (χ1) is 10.6. The van der Waals surface area contributed by atoms with Crippen LogP contribution in [0.1, 0.15) is 26.8 Å². The van der Waals surface area contributed by atoms with Crippen molar-refractivity contribution >= 4 is 22.9 Å². The van der Waals surface area contributed by atoms with Crippen LogP contribution in [0.25, 0.3) is 0 Å². The Morgan fingerprint density at radius 2 is 2.14 bits per heavy atom. The smallest absolute Gasteiger partial charge is 0.263 e. The second-order valence-electron chi connectivity index (χ2n) is 5.79. The maximum atomic E-state index is 12.2. The van der Waals surface area contributed by atoms with Gasteiger partial charge in [-0.3, -0.25) is 4.79 Å². The van der Waals surface area contributed by atoms with Gasteiger partial charge in [-0.1, -0.05) is 18.2 Å². The third-order valence-electron chi connectivity index (χ3n) is 4.07. The van der Waals surface area contributed by atoms with Crippen molar-refractivity contribution in [2.45, 2.75) is 20.3 Å². The molecule has 1 fully saturated rings. The minimum atomic E-state index is 0.0151. The van der Waals surface area contributed by atoms with Gasteiger partial charge in [-0.25, -0.2) is 4.98 Å². The highest BCUT2D eigenvalue weighted by Gasteiger charge is 2.23. The topological polar surface area (TPSA) is 45.2 Å². The molecular formula is C17H21N3OS. The first kappa shape index (κ1) is 15.0. The third-order valence-corrected chi connectivity index (χ3v) is 5.14. The van der Waals surface area contributed by atoms with Crippen LogP contribution >= 0.6 is 11.3 Å². The van der Waals surface area contributed by atoms with E-state index in [-0.39, 0.29) is 5.91 Å². The Labute approximate surface area is 135 Å². The summed E-state index contributed by atoms with van der Waals surface area (Å²) in [5.41, 5.74) is 2.10. The summed E-state index contributed by atoms with van der Waals surface area (Å²) in [6.45, 7) is 6.63. The molecule has 2 aromatic rings. The van der Waals surface area contributed by atoms with Crippen molar-refractivity contribution < 1.29 is 4.79 Å². The van der Waals surface area contributed by atoms with E-state index < -0.39 is 0 Å². The van der Waals surface area contributed by atoms with Crippen molar-refractivity contribution in [2.75, 3.05) is 24.5 Å². The minimum absolute atomic E-state index is 0.0151. The van der Waals surface area contributed by atoms with Crippen molar-refractivity contribution in [3.05, 3.63) is 45.9 Å². The Morgan fingerprint density at radius 3 is 2.82 bits per heavy atom. The van der Waals surface area contributed by atoms with E-state index in [1.807, 2.05) is 19.9 Å². The van der Waals surface area contributed by atoms with E-state index in [0.29, 0.717) is 5.92 Å². The fourth-order valence-electron chi connectivity index (χ4n) is 2.93. The van der Waals surface area contributed by atoms with Gasteiger partial charge < -0.3 is 10.2 Å². The normalized spacial score (nSPS) is 17.7. The van der Waals surface area contributed by atoms with Crippen molar-refractivity contribution in [1.29, 1.82) is 0 Å². The predicted octanol–water partition coefficient (Wildman–Crippen LogP) is 3.02. The maximum Gasteiger partial charge on any atom is 0.263 e. The summed E-state index contributed by atoms with van der Waals surface area (Å²) in [6, 6.07) is 10.5. The summed E-state index contributed by atoms with van der Waals surface area (Å²) >= 11 is 1.47. The van der Waals surface area contributed by atoms with Gasteiger partial charge in [-0.05, 0) is 38.3 Å². The Bertz CT molecular complexity index is 653. The molecule has 0 spiro atoms. The van der Waals surface area contributed by atoms with Crippen molar-refractivity contribution in [1.82, 2.24) is 10.3 Å². The molecule has 1 aliphatic rings. The summed E-state index contributed by atoms with van der Waals surface area (Å²) in [4.78, 5) is 19.7.